The Labute approximate surface area is 216 Å². The number of halogens is 1. The molecule has 1 atom stereocenters. The Morgan fingerprint density at radius 3 is 1.97 bits per heavy atom. The van der Waals surface area contributed by atoms with Gasteiger partial charge in [-0.2, -0.15) is 4.72 Å². The average molecular weight is 536 g/mol. The van der Waals surface area contributed by atoms with Crippen molar-refractivity contribution in [1.29, 1.82) is 0 Å². The van der Waals surface area contributed by atoms with Crippen LogP contribution < -0.4 is 4.72 Å². The van der Waals surface area contributed by atoms with E-state index in [1.165, 1.54) is 24.1 Å². The fourth-order valence-electron chi connectivity index (χ4n) is 3.58. The molecule has 11 heteroatoms. The summed E-state index contributed by atoms with van der Waals surface area (Å²) in [5, 5.41) is 0.583. The van der Waals surface area contributed by atoms with Crippen molar-refractivity contribution in [2.24, 2.45) is 0 Å². The highest BCUT2D eigenvalue weighted by atomic mass is 35.5. The first kappa shape index (κ1) is 27.6. The van der Waals surface area contributed by atoms with Crippen molar-refractivity contribution < 1.29 is 27.5 Å². The lowest BCUT2D eigenvalue weighted by Gasteiger charge is -2.26. The minimum absolute atomic E-state index is 0.0923. The molecule has 3 rings (SSSR count). The SMILES string of the molecule is CN1C(=O)N(CC(NS(=O)(=O)c2ccc(-c3ccc(Cl)cc3)cc2)C(=O)OC(C)(C)C)C(=O)C1(C)C. The van der Waals surface area contributed by atoms with Gasteiger partial charge < -0.3 is 9.64 Å². The van der Waals surface area contributed by atoms with Crippen molar-refractivity contribution in [2.75, 3.05) is 13.6 Å². The summed E-state index contributed by atoms with van der Waals surface area (Å²) in [5.74, 6) is -1.45. The standard InChI is InChI=1S/C25H30ClN3O6S/c1-24(2,3)35-21(30)20(15-29-22(31)25(4,5)28(6)23(29)32)27-36(33,34)19-13-9-17(10-14-19)16-7-11-18(26)12-8-16/h7-14,20,27H,15H2,1-6H3. The number of ether oxygens (including phenoxy) is 1. The zero-order valence-electron chi connectivity index (χ0n) is 21.0. The number of esters is 1. The Morgan fingerprint density at radius 1 is 1.03 bits per heavy atom. The van der Waals surface area contributed by atoms with E-state index < -0.39 is 51.7 Å². The van der Waals surface area contributed by atoms with Crippen molar-refractivity contribution in [3.8, 4) is 11.1 Å². The third kappa shape index (κ3) is 5.88. The van der Waals surface area contributed by atoms with Crippen LogP contribution in [-0.4, -0.2) is 66.9 Å². The first-order chi connectivity index (χ1) is 16.5. The minimum atomic E-state index is -4.22. The normalized spacial score (nSPS) is 16.9. The van der Waals surface area contributed by atoms with Crippen molar-refractivity contribution >= 4 is 39.5 Å². The van der Waals surface area contributed by atoms with Crippen molar-refractivity contribution in [2.45, 2.75) is 56.7 Å². The number of likely N-dealkylation sites (N-methyl/N-ethyl adjacent to an activating group) is 1. The Hall–Kier alpha value is -2.95. The smallest absolute Gasteiger partial charge is 0.327 e. The molecule has 1 unspecified atom stereocenters. The van der Waals surface area contributed by atoms with E-state index in [-0.39, 0.29) is 4.90 Å². The lowest BCUT2D eigenvalue weighted by atomic mass is 10.1. The van der Waals surface area contributed by atoms with Crippen LogP contribution in [0.5, 0.6) is 0 Å². The molecule has 1 heterocycles. The predicted molar refractivity (Wildman–Crippen MR) is 136 cm³/mol. The van der Waals surface area contributed by atoms with Gasteiger partial charge >= 0.3 is 12.0 Å². The van der Waals surface area contributed by atoms with Gasteiger partial charge in [0, 0.05) is 12.1 Å². The summed E-state index contributed by atoms with van der Waals surface area (Å²) in [4.78, 5) is 40.5. The van der Waals surface area contributed by atoms with Crippen LogP contribution in [0.4, 0.5) is 4.79 Å². The van der Waals surface area contributed by atoms with Crippen LogP contribution >= 0.6 is 11.6 Å². The number of carbonyl (C=O) groups excluding carboxylic acids is 3. The molecule has 0 aromatic heterocycles. The maximum Gasteiger partial charge on any atom is 0.327 e. The largest absolute Gasteiger partial charge is 0.459 e. The number of imide groups is 1. The van der Waals surface area contributed by atoms with E-state index in [9.17, 15) is 22.8 Å². The van der Waals surface area contributed by atoms with Crippen molar-refractivity contribution in [3.05, 3.63) is 53.6 Å². The number of urea groups is 1. The van der Waals surface area contributed by atoms with Gasteiger partial charge in [-0.15, -0.1) is 0 Å². The first-order valence-electron chi connectivity index (χ1n) is 11.2. The van der Waals surface area contributed by atoms with Crippen LogP contribution in [0.1, 0.15) is 34.6 Å². The van der Waals surface area contributed by atoms with Gasteiger partial charge in [0.05, 0.1) is 11.4 Å². The lowest BCUT2D eigenvalue weighted by molar-refractivity contribution is -0.157. The molecular weight excluding hydrogens is 506 g/mol. The molecular formula is C25H30ClN3O6S. The van der Waals surface area contributed by atoms with Crippen LogP contribution in [0, 0.1) is 0 Å². The van der Waals surface area contributed by atoms with Crippen LogP contribution in [-0.2, 0) is 24.3 Å². The van der Waals surface area contributed by atoms with E-state index in [1.54, 1.807) is 58.9 Å². The molecule has 0 bridgehead atoms. The third-order valence-corrected chi connectivity index (χ3v) is 7.56. The van der Waals surface area contributed by atoms with Gasteiger partial charge in [-0.25, -0.2) is 13.2 Å². The molecule has 0 spiro atoms. The van der Waals surface area contributed by atoms with Gasteiger partial charge in [-0.05, 0) is 70.0 Å². The zero-order chi connectivity index (χ0) is 27.1. The summed E-state index contributed by atoms with van der Waals surface area (Å²) in [5.41, 5.74) is -0.434. The molecule has 0 aliphatic carbocycles. The summed E-state index contributed by atoms with van der Waals surface area (Å²) >= 11 is 5.93. The third-order valence-electron chi connectivity index (χ3n) is 5.82. The molecule has 36 heavy (non-hydrogen) atoms. The molecule has 2 aromatic rings. The zero-order valence-corrected chi connectivity index (χ0v) is 22.6. The topological polar surface area (TPSA) is 113 Å². The van der Waals surface area contributed by atoms with E-state index in [2.05, 4.69) is 4.72 Å². The molecule has 0 radical (unpaired) electrons. The van der Waals surface area contributed by atoms with Gasteiger partial charge in [0.1, 0.15) is 17.2 Å². The number of hydrogen-bond acceptors (Lipinski definition) is 6. The summed E-state index contributed by atoms with van der Waals surface area (Å²) < 4.78 is 34.1. The number of amides is 3. The van der Waals surface area contributed by atoms with Crippen LogP contribution in [0.2, 0.25) is 5.02 Å². The van der Waals surface area contributed by atoms with Crippen LogP contribution in [0.25, 0.3) is 11.1 Å². The molecule has 1 saturated heterocycles. The van der Waals surface area contributed by atoms with Gasteiger partial charge in [0.15, 0.2) is 0 Å². The molecule has 1 fully saturated rings. The van der Waals surface area contributed by atoms with Gasteiger partial charge in [0.25, 0.3) is 5.91 Å². The number of rotatable bonds is 7. The number of carbonyl (C=O) groups is 3. The average Bonchev–Trinajstić information content (AvgIpc) is 2.92. The van der Waals surface area contributed by atoms with Gasteiger partial charge in [-0.1, -0.05) is 35.9 Å². The first-order valence-corrected chi connectivity index (χ1v) is 13.1. The number of sulfonamides is 1. The number of benzene rings is 2. The molecule has 0 saturated carbocycles. The van der Waals surface area contributed by atoms with Crippen molar-refractivity contribution in [3.63, 3.8) is 0 Å². The molecule has 1 N–H and O–H groups in total. The van der Waals surface area contributed by atoms with E-state index in [4.69, 9.17) is 16.3 Å². The lowest BCUT2D eigenvalue weighted by Crippen LogP contribution is -2.52. The second-order valence-electron chi connectivity index (χ2n) is 10.1. The maximum atomic E-state index is 13.2. The van der Waals surface area contributed by atoms with E-state index in [0.29, 0.717) is 5.02 Å². The maximum absolute atomic E-state index is 13.2. The Bertz CT molecular complexity index is 1270. The Balaban J connectivity index is 1.88. The quantitative estimate of drug-likeness (QED) is 0.427. The van der Waals surface area contributed by atoms with E-state index in [1.807, 2.05) is 12.1 Å². The highest BCUT2D eigenvalue weighted by molar-refractivity contribution is 7.89. The van der Waals surface area contributed by atoms with E-state index >= 15 is 0 Å². The summed E-state index contributed by atoms with van der Waals surface area (Å²) in [7, 11) is -2.75. The number of hydrogen-bond donors (Lipinski definition) is 1. The second-order valence-corrected chi connectivity index (χ2v) is 12.2. The van der Waals surface area contributed by atoms with Crippen LogP contribution in [0.15, 0.2) is 53.4 Å². The monoisotopic (exact) mass is 535 g/mol. The fraction of sp³-hybridized carbons (Fsp3) is 0.400. The summed E-state index contributed by atoms with van der Waals surface area (Å²) in [6, 6.07) is 11.0. The molecule has 2 aromatic carbocycles. The molecule has 194 valence electrons. The number of nitrogens with zero attached hydrogens (tertiary/aromatic N) is 2. The second kappa shape index (κ2) is 9.84. The molecule has 3 amide bonds. The molecule has 1 aliphatic heterocycles. The van der Waals surface area contributed by atoms with E-state index in [0.717, 1.165) is 16.0 Å². The Kier molecular flexibility index (Phi) is 7.55. The Morgan fingerprint density at radius 2 is 1.53 bits per heavy atom. The highest BCUT2D eigenvalue weighted by Gasteiger charge is 2.50. The predicted octanol–water partition coefficient (Wildman–Crippen LogP) is 3.67. The van der Waals surface area contributed by atoms with Crippen LogP contribution in [0.3, 0.4) is 0 Å². The number of nitrogens with one attached hydrogen (secondary N) is 1. The van der Waals surface area contributed by atoms with Gasteiger partial charge in [-0.3, -0.25) is 14.5 Å². The fourth-order valence-corrected chi connectivity index (χ4v) is 4.88. The van der Waals surface area contributed by atoms with Crippen molar-refractivity contribution in [1.82, 2.24) is 14.5 Å². The van der Waals surface area contributed by atoms with Gasteiger partial charge in [0.2, 0.25) is 10.0 Å². The highest BCUT2D eigenvalue weighted by Crippen LogP contribution is 2.27. The minimum Gasteiger partial charge on any atom is -0.459 e. The summed E-state index contributed by atoms with van der Waals surface area (Å²) in [6.07, 6.45) is 0. The summed E-state index contributed by atoms with van der Waals surface area (Å²) in [6.45, 7) is 7.53. The molecule has 1 aliphatic rings. The molecule has 9 nitrogen and oxygen atoms in total.